The van der Waals surface area contributed by atoms with Crippen LogP contribution in [0.2, 0.25) is 0 Å². The minimum atomic E-state index is 0.222. The lowest BCUT2D eigenvalue weighted by molar-refractivity contribution is -0.129. The molecule has 0 saturated carbocycles. The van der Waals surface area contributed by atoms with Crippen LogP contribution in [0.3, 0.4) is 0 Å². The first-order valence-electron chi connectivity index (χ1n) is 9.06. The van der Waals surface area contributed by atoms with Crippen molar-refractivity contribution in [2.75, 3.05) is 26.7 Å². The number of rotatable bonds is 7. The minimum absolute atomic E-state index is 0.222. The summed E-state index contributed by atoms with van der Waals surface area (Å²) in [6.07, 6.45) is 1.52. The van der Waals surface area contributed by atoms with Gasteiger partial charge >= 0.3 is 0 Å². The van der Waals surface area contributed by atoms with Gasteiger partial charge in [0.2, 0.25) is 5.91 Å². The second-order valence-electron chi connectivity index (χ2n) is 6.22. The van der Waals surface area contributed by atoms with Gasteiger partial charge in [-0.05, 0) is 24.5 Å². The van der Waals surface area contributed by atoms with Crippen LogP contribution >= 0.6 is 0 Å². The largest absolute Gasteiger partial charge is 0.380 e. The van der Waals surface area contributed by atoms with Crippen molar-refractivity contribution in [1.29, 1.82) is 0 Å². The van der Waals surface area contributed by atoms with E-state index in [9.17, 15) is 4.79 Å². The number of benzene rings is 1. The van der Waals surface area contributed by atoms with Gasteiger partial charge in [0.25, 0.3) is 0 Å². The number of likely N-dealkylation sites (tertiary alicyclic amines) is 1. The molecule has 138 valence electrons. The fraction of sp³-hybridized carbons (Fsp3) is 0.579. The Kier molecular flexibility index (Phi) is 7.73. The van der Waals surface area contributed by atoms with E-state index in [-0.39, 0.29) is 11.9 Å². The van der Waals surface area contributed by atoms with Gasteiger partial charge in [0.1, 0.15) is 0 Å². The van der Waals surface area contributed by atoms with E-state index in [4.69, 9.17) is 9.73 Å². The maximum Gasteiger partial charge on any atom is 0.222 e. The molecule has 0 aromatic heterocycles. The molecular weight excluding hydrogens is 316 g/mol. The normalized spacial score (nSPS) is 17.6. The number of amides is 1. The molecule has 25 heavy (non-hydrogen) atoms. The van der Waals surface area contributed by atoms with Crippen molar-refractivity contribution < 1.29 is 9.53 Å². The van der Waals surface area contributed by atoms with Crippen LogP contribution in [0.5, 0.6) is 0 Å². The zero-order valence-electron chi connectivity index (χ0n) is 15.5. The number of nitrogens with one attached hydrogen (secondary N) is 2. The third-order valence-corrected chi connectivity index (χ3v) is 4.35. The first-order chi connectivity index (χ1) is 12.2. The summed E-state index contributed by atoms with van der Waals surface area (Å²) >= 11 is 0. The van der Waals surface area contributed by atoms with Crippen LogP contribution in [-0.2, 0) is 22.7 Å². The van der Waals surface area contributed by atoms with E-state index >= 15 is 0 Å². The van der Waals surface area contributed by atoms with Crippen molar-refractivity contribution in [1.82, 2.24) is 15.5 Å². The van der Waals surface area contributed by atoms with E-state index in [1.54, 1.807) is 7.11 Å². The first kappa shape index (κ1) is 19.2. The van der Waals surface area contributed by atoms with E-state index in [0.29, 0.717) is 19.6 Å². The molecule has 2 N–H and O–H groups in total. The maximum absolute atomic E-state index is 11.8. The fourth-order valence-corrected chi connectivity index (χ4v) is 3.01. The second kappa shape index (κ2) is 10.0. The zero-order chi connectivity index (χ0) is 18.1. The molecule has 0 aliphatic carbocycles. The average molecular weight is 346 g/mol. The van der Waals surface area contributed by atoms with Crippen LogP contribution in [0.15, 0.2) is 29.3 Å². The highest BCUT2D eigenvalue weighted by atomic mass is 16.5. The number of carbonyl (C=O) groups is 1. The van der Waals surface area contributed by atoms with Crippen LogP contribution in [0.25, 0.3) is 0 Å². The summed E-state index contributed by atoms with van der Waals surface area (Å²) in [5, 5.41) is 6.75. The number of hydrogen-bond donors (Lipinski definition) is 2. The smallest absolute Gasteiger partial charge is 0.222 e. The number of nitrogens with zero attached hydrogens (tertiary/aromatic N) is 2. The summed E-state index contributed by atoms with van der Waals surface area (Å²) in [5.41, 5.74) is 2.32. The van der Waals surface area contributed by atoms with Gasteiger partial charge in [-0.15, -0.1) is 0 Å². The van der Waals surface area contributed by atoms with Crippen molar-refractivity contribution in [3.63, 3.8) is 0 Å². The molecule has 1 aromatic rings. The summed E-state index contributed by atoms with van der Waals surface area (Å²) < 4.78 is 5.26. The van der Waals surface area contributed by atoms with E-state index in [0.717, 1.165) is 43.1 Å². The van der Waals surface area contributed by atoms with Gasteiger partial charge in [0.15, 0.2) is 5.96 Å². The molecule has 2 rings (SSSR count). The Labute approximate surface area is 150 Å². The number of guanidine groups is 1. The Bertz CT molecular complexity index is 589. The lowest BCUT2D eigenvalue weighted by atomic mass is 10.1. The first-order valence-corrected chi connectivity index (χ1v) is 9.06. The lowest BCUT2D eigenvalue weighted by Crippen LogP contribution is -2.45. The molecule has 1 atom stereocenters. The molecule has 1 unspecified atom stereocenters. The zero-order valence-corrected chi connectivity index (χ0v) is 15.5. The molecule has 1 saturated heterocycles. The molecule has 1 fully saturated rings. The minimum Gasteiger partial charge on any atom is -0.380 e. The second-order valence-corrected chi connectivity index (χ2v) is 6.22. The van der Waals surface area contributed by atoms with Crippen molar-refractivity contribution in [2.24, 2.45) is 4.99 Å². The number of hydrogen-bond acceptors (Lipinski definition) is 3. The topological polar surface area (TPSA) is 66.0 Å². The predicted octanol–water partition coefficient (Wildman–Crippen LogP) is 1.90. The van der Waals surface area contributed by atoms with Crippen molar-refractivity contribution in [3.05, 3.63) is 35.4 Å². The predicted molar refractivity (Wildman–Crippen MR) is 100 cm³/mol. The number of methoxy groups -OCH3 is 1. The van der Waals surface area contributed by atoms with E-state index in [1.807, 2.05) is 24.0 Å². The molecular formula is C19H30N4O2. The molecule has 1 aromatic carbocycles. The highest BCUT2D eigenvalue weighted by Crippen LogP contribution is 2.12. The Hall–Kier alpha value is -2.08. The molecule has 1 aliphatic rings. The molecule has 1 aliphatic heterocycles. The van der Waals surface area contributed by atoms with Crippen LogP contribution in [0, 0.1) is 0 Å². The Morgan fingerprint density at radius 2 is 2.08 bits per heavy atom. The SMILES string of the molecule is CCNC(=NCc1ccccc1COC)NC1CCN(C(=O)CC)C1. The third kappa shape index (κ3) is 5.74. The number of carbonyl (C=O) groups excluding carboxylic acids is 1. The highest BCUT2D eigenvalue weighted by molar-refractivity contribution is 5.80. The van der Waals surface area contributed by atoms with Gasteiger partial charge < -0.3 is 20.3 Å². The molecule has 0 spiro atoms. The van der Waals surface area contributed by atoms with E-state index in [2.05, 4.69) is 29.7 Å². The Morgan fingerprint density at radius 3 is 2.76 bits per heavy atom. The average Bonchev–Trinajstić information content (AvgIpc) is 3.09. The Balaban J connectivity index is 1.98. The van der Waals surface area contributed by atoms with Crippen LogP contribution in [0.1, 0.15) is 37.8 Å². The van der Waals surface area contributed by atoms with Crippen molar-refractivity contribution in [2.45, 2.75) is 45.9 Å². The summed E-state index contributed by atoms with van der Waals surface area (Å²) in [6.45, 7) is 7.52. The maximum atomic E-state index is 11.8. The summed E-state index contributed by atoms with van der Waals surface area (Å²) in [4.78, 5) is 18.5. The number of ether oxygens (including phenoxy) is 1. The van der Waals surface area contributed by atoms with Crippen LogP contribution < -0.4 is 10.6 Å². The summed E-state index contributed by atoms with van der Waals surface area (Å²) in [6, 6.07) is 8.44. The van der Waals surface area contributed by atoms with Crippen molar-refractivity contribution in [3.8, 4) is 0 Å². The number of aliphatic imine (C=N–C) groups is 1. The summed E-state index contributed by atoms with van der Waals surface area (Å²) in [5.74, 6) is 1.02. The van der Waals surface area contributed by atoms with Gasteiger partial charge in [0, 0.05) is 39.2 Å². The third-order valence-electron chi connectivity index (χ3n) is 4.35. The lowest BCUT2D eigenvalue weighted by Gasteiger charge is -2.19. The van der Waals surface area contributed by atoms with Gasteiger partial charge in [-0.2, -0.15) is 0 Å². The molecule has 0 radical (unpaired) electrons. The monoisotopic (exact) mass is 346 g/mol. The quantitative estimate of drug-likeness (QED) is 0.585. The van der Waals surface area contributed by atoms with Gasteiger partial charge in [0.05, 0.1) is 13.2 Å². The molecule has 1 heterocycles. The van der Waals surface area contributed by atoms with Gasteiger partial charge in [-0.1, -0.05) is 31.2 Å². The highest BCUT2D eigenvalue weighted by Gasteiger charge is 2.25. The standard InChI is InChI=1S/C19H30N4O2/c1-4-18(24)23-11-10-17(13-23)22-19(20-5-2)21-12-15-8-6-7-9-16(15)14-25-3/h6-9,17H,4-5,10-14H2,1-3H3,(H2,20,21,22). The van der Waals surface area contributed by atoms with Crippen molar-refractivity contribution >= 4 is 11.9 Å². The molecule has 1 amide bonds. The molecule has 6 nitrogen and oxygen atoms in total. The molecule has 0 bridgehead atoms. The Morgan fingerprint density at radius 1 is 1.32 bits per heavy atom. The van der Waals surface area contributed by atoms with Crippen LogP contribution in [0.4, 0.5) is 0 Å². The fourth-order valence-electron chi connectivity index (χ4n) is 3.01. The summed E-state index contributed by atoms with van der Waals surface area (Å²) in [7, 11) is 1.70. The van der Waals surface area contributed by atoms with Gasteiger partial charge in [-0.3, -0.25) is 4.79 Å². The van der Waals surface area contributed by atoms with E-state index < -0.39 is 0 Å². The van der Waals surface area contributed by atoms with Gasteiger partial charge in [-0.25, -0.2) is 4.99 Å². The molecule has 6 heteroatoms. The van der Waals surface area contributed by atoms with E-state index in [1.165, 1.54) is 0 Å². The van der Waals surface area contributed by atoms with Crippen LogP contribution in [-0.4, -0.2) is 49.6 Å².